The molecule has 5 heteroatoms. The molecule has 2 atom stereocenters. The fourth-order valence-electron chi connectivity index (χ4n) is 3.95. The average molecular weight is 304 g/mol. The second-order valence-electron chi connectivity index (χ2n) is 6.52. The van der Waals surface area contributed by atoms with Gasteiger partial charge in [0.2, 0.25) is 0 Å². The third-order valence-corrected chi connectivity index (χ3v) is 7.12. The first kappa shape index (κ1) is 13.5. The highest BCUT2D eigenvalue weighted by Gasteiger charge is 2.46. The molecular weight excluding hydrogens is 284 g/mol. The summed E-state index contributed by atoms with van der Waals surface area (Å²) >= 11 is 0. The van der Waals surface area contributed by atoms with E-state index in [-0.39, 0.29) is 10.5 Å². The van der Waals surface area contributed by atoms with Crippen LogP contribution in [0, 0.1) is 0 Å². The van der Waals surface area contributed by atoms with Crippen LogP contribution in [0.5, 0.6) is 0 Å². The van der Waals surface area contributed by atoms with E-state index in [4.69, 9.17) is 0 Å². The van der Waals surface area contributed by atoms with E-state index in [1.165, 1.54) is 0 Å². The van der Waals surface area contributed by atoms with Crippen LogP contribution in [-0.4, -0.2) is 29.6 Å². The van der Waals surface area contributed by atoms with E-state index in [0.29, 0.717) is 12.8 Å². The molecule has 112 valence electrons. The lowest BCUT2D eigenvalue weighted by Crippen LogP contribution is -2.47. The zero-order chi connectivity index (χ0) is 14.6. The van der Waals surface area contributed by atoms with Crippen LogP contribution in [0.1, 0.15) is 37.7 Å². The number of nitrogens with zero attached hydrogens (tertiary/aromatic N) is 2. The summed E-state index contributed by atoms with van der Waals surface area (Å²) in [7, 11) is 1.15. The van der Waals surface area contributed by atoms with Gasteiger partial charge in [-0.15, -0.1) is 0 Å². The molecule has 0 saturated carbocycles. The Morgan fingerprint density at radius 2 is 2.05 bits per heavy atom. The molecule has 4 nitrogen and oxygen atoms in total. The zero-order valence-electron chi connectivity index (χ0n) is 12.2. The Balaban J connectivity index is 1.74. The van der Waals surface area contributed by atoms with Crippen LogP contribution in [0.2, 0.25) is 0 Å². The lowest BCUT2D eigenvalue weighted by atomic mass is 9.80. The number of aryl methyl sites for hydroxylation is 1. The van der Waals surface area contributed by atoms with Gasteiger partial charge < -0.3 is 5.11 Å². The Labute approximate surface area is 126 Å². The van der Waals surface area contributed by atoms with E-state index < -0.39 is 16.4 Å². The van der Waals surface area contributed by atoms with Crippen LogP contribution >= 0.6 is 0 Å². The number of benzene rings is 1. The third kappa shape index (κ3) is 2.14. The molecule has 2 unspecified atom stereocenters. The average Bonchev–Trinajstić information content (AvgIpc) is 2.80. The van der Waals surface area contributed by atoms with Crippen LogP contribution in [0.25, 0.3) is 10.9 Å². The highest BCUT2D eigenvalue weighted by molar-refractivity contribution is 7.86. The zero-order valence-corrected chi connectivity index (χ0v) is 13.0. The number of aromatic nitrogens is 2. The molecule has 21 heavy (non-hydrogen) atoms. The van der Waals surface area contributed by atoms with Gasteiger partial charge in [-0.05, 0) is 37.3 Å². The monoisotopic (exact) mass is 304 g/mol. The Morgan fingerprint density at radius 1 is 1.33 bits per heavy atom. The van der Waals surface area contributed by atoms with Gasteiger partial charge in [-0.1, -0.05) is 18.6 Å². The van der Waals surface area contributed by atoms with Crippen molar-refractivity contribution in [3.63, 3.8) is 0 Å². The molecule has 2 aromatic rings. The Morgan fingerprint density at radius 3 is 2.76 bits per heavy atom. The third-order valence-electron chi connectivity index (χ3n) is 5.00. The quantitative estimate of drug-likeness (QED) is 0.879. The molecule has 0 amide bonds. The molecule has 2 fully saturated rings. The summed E-state index contributed by atoms with van der Waals surface area (Å²) in [4.78, 5) is 0. The smallest absolute Gasteiger partial charge is 0.0927 e. The topological polar surface area (TPSA) is 55.1 Å². The normalized spacial score (nSPS) is 36.0. The maximum Gasteiger partial charge on any atom is 0.0927 e. The molecule has 1 N–H and O–H groups in total. The molecule has 0 aliphatic carbocycles. The summed E-state index contributed by atoms with van der Waals surface area (Å²) < 4.78 is 14.1. The van der Waals surface area contributed by atoms with Gasteiger partial charge >= 0.3 is 0 Å². The molecule has 0 radical (unpaired) electrons. The molecule has 4 rings (SSSR count). The van der Waals surface area contributed by atoms with Crippen molar-refractivity contribution < 1.29 is 9.32 Å². The fraction of sp³-hybridized carbons (Fsp3) is 0.562. The largest absolute Gasteiger partial charge is 0.385 e. The van der Waals surface area contributed by atoms with Crippen LogP contribution in [-0.2, 0) is 23.4 Å². The van der Waals surface area contributed by atoms with E-state index in [9.17, 15) is 9.32 Å². The molecule has 2 aliphatic rings. The highest BCUT2D eigenvalue weighted by Crippen LogP contribution is 2.44. The van der Waals surface area contributed by atoms with E-state index in [1.807, 2.05) is 31.4 Å². The minimum atomic E-state index is -0.838. The molecule has 1 aromatic heterocycles. The minimum absolute atomic E-state index is 0.155. The summed E-state index contributed by atoms with van der Waals surface area (Å²) in [6.45, 7) is 0. The summed E-state index contributed by atoms with van der Waals surface area (Å²) in [5.41, 5.74) is 1.01. The minimum Gasteiger partial charge on any atom is -0.385 e. The van der Waals surface area contributed by atoms with Crippen molar-refractivity contribution in [2.24, 2.45) is 7.05 Å². The molecule has 2 aliphatic heterocycles. The highest BCUT2D eigenvalue weighted by atomic mass is 32.2. The van der Waals surface area contributed by atoms with Crippen molar-refractivity contribution >= 4 is 21.7 Å². The number of hydrogen-bond acceptors (Lipinski definition) is 3. The second-order valence-corrected chi connectivity index (χ2v) is 8.51. The van der Waals surface area contributed by atoms with Gasteiger partial charge in [-0.3, -0.25) is 8.89 Å². The first-order valence-corrected chi connectivity index (χ1v) is 8.88. The van der Waals surface area contributed by atoms with Gasteiger partial charge in [-0.2, -0.15) is 5.10 Å². The molecule has 0 spiro atoms. The first-order chi connectivity index (χ1) is 10.0. The SMILES string of the molecule is Cn1cc2ccc(C3(O)CC4CCCC(C3)S4=O)cc2n1. The second kappa shape index (κ2) is 4.65. The maximum atomic E-state index is 12.3. The van der Waals surface area contributed by atoms with Gasteiger partial charge in [0.05, 0.1) is 11.1 Å². The standard InChI is InChI=1S/C16H20N2O2S/c1-18-10-11-5-6-12(7-15(11)17-18)16(19)8-13-3-2-4-14(9-16)21(13)20/h5-7,10,13-14,19H,2-4,8-9H2,1H3. The van der Waals surface area contributed by atoms with E-state index in [2.05, 4.69) is 5.10 Å². The van der Waals surface area contributed by atoms with Gasteiger partial charge in [0, 0.05) is 39.9 Å². The van der Waals surface area contributed by atoms with Gasteiger partial charge in [0.15, 0.2) is 0 Å². The van der Waals surface area contributed by atoms with Crippen molar-refractivity contribution in [1.29, 1.82) is 0 Å². The first-order valence-electron chi connectivity index (χ1n) is 7.61. The Hall–Kier alpha value is -1.20. The van der Waals surface area contributed by atoms with E-state index in [1.54, 1.807) is 4.68 Å². The lowest BCUT2D eigenvalue weighted by molar-refractivity contribution is 0.00665. The van der Waals surface area contributed by atoms with Crippen LogP contribution < -0.4 is 0 Å². The number of rotatable bonds is 1. The van der Waals surface area contributed by atoms with Crippen molar-refractivity contribution in [2.75, 3.05) is 0 Å². The van der Waals surface area contributed by atoms with Crippen molar-refractivity contribution in [3.05, 3.63) is 30.0 Å². The predicted molar refractivity (Wildman–Crippen MR) is 83.4 cm³/mol. The Bertz CT molecular complexity index is 708. The van der Waals surface area contributed by atoms with Crippen LogP contribution in [0.4, 0.5) is 0 Å². The number of fused-ring (bicyclic) bond motifs is 3. The summed E-state index contributed by atoms with van der Waals surface area (Å²) in [5.74, 6) is 0. The molecule has 2 saturated heterocycles. The Kier molecular flexibility index (Phi) is 2.98. The summed E-state index contributed by atoms with van der Waals surface area (Å²) in [6.07, 6.45) is 6.33. The van der Waals surface area contributed by atoms with Crippen LogP contribution in [0.3, 0.4) is 0 Å². The summed E-state index contributed by atoms with van der Waals surface area (Å²) in [5, 5.41) is 17.0. The van der Waals surface area contributed by atoms with Crippen molar-refractivity contribution in [2.45, 2.75) is 48.2 Å². The van der Waals surface area contributed by atoms with Gasteiger partial charge in [0.25, 0.3) is 0 Å². The summed E-state index contributed by atoms with van der Waals surface area (Å²) in [6, 6.07) is 6.03. The lowest BCUT2D eigenvalue weighted by Gasteiger charge is -2.43. The molecule has 2 bridgehead atoms. The van der Waals surface area contributed by atoms with Crippen molar-refractivity contribution in [3.8, 4) is 0 Å². The van der Waals surface area contributed by atoms with Crippen LogP contribution in [0.15, 0.2) is 24.4 Å². The fourth-order valence-corrected chi connectivity index (χ4v) is 6.17. The van der Waals surface area contributed by atoms with Gasteiger partial charge in [-0.25, -0.2) is 0 Å². The molecule has 1 aromatic carbocycles. The molecular formula is C16H20N2O2S. The molecule has 3 heterocycles. The van der Waals surface area contributed by atoms with E-state index >= 15 is 0 Å². The van der Waals surface area contributed by atoms with E-state index in [0.717, 1.165) is 35.7 Å². The predicted octanol–water partition coefficient (Wildman–Crippen LogP) is 2.22. The van der Waals surface area contributed by atoms with Crippen molar-refractivity contribution in [1.82, 2.24) is 9.78 Å². The maximum absolute atomic E-state index is 12.3. The number of hydrogen-bond donors (Lipinski definition) is 1. The van der Waals surface area contributed by atoms with Gasteiger partial charge in [0.1, 0.15) is 0 Å². The number of aliphatic hydroxyl groups is 1.